The number of carbonyl (C=O) groups is 1. The SMILES string of the molecule is COc1cccc(C=NNC(=O)NN=Cc2cccc(OC)c2O)c1O. The number of nitrogens with one attached hydrogen (secondary N) is 2. The number of ether oxygens (including phenoxy) is 2. The highest BCUT2D eigenvalue weighted by Crippen LogP contribution is 2.28. The Morgan fingerprint density at radius 2 is 1.31 bits per heavy atom. The molecule has 0 bridgehead atoms. The maximum atomic E-state index is 11.6. The smallest absolute Gasteiger partial charge is 0.355 e. The van der Waals surface area contributed by atoms with Crippen LogP contribution in [0.5, 0.6) is 23.0 Å². The van der Waals surface area contributed by atoms with E-state index in [1.165, 1.54) is 26.6 Å². The number of benzene rings is 2. The maximum absolute atomic E-state index is 11.6. The van der Waals surface area contributed by atoms with E-state index in [0.717, 1.165) is 0 Å². The Balaban J connectivity index is 1.92. The molecule has 0 saturated heterocycles. The lowest BCUT2D eigenvalue weighted by Crippen LogP contribution is -2.28. The van der Waals surface area contributed by atoms with Gasteiger partial charge in [0.15, 0.2) is 23.0 Å². The fourth-order valence-electron chi connectivity index (χ4n) is 1.96. The third-order valence-electron chi connectivity index (χ3n) is 3.24. The van der Waals surface area contributed by atoms with Crippen LogP contribution in [0.2, 0.25) is 0 Å². The highest BCUT2D eigenvalue weighted by molar-refractivity contribution is 5.87. The monoisotopic (exact) mass is 358 g/mol. The number of para-hydroxylation sites is 2. The molecule has 26 heavy (non-hydrogen) atoms. The number of carbonyl (C=O) groups excluding carboxylic acids is 1. The van der Waals surface area contributed by atoms with Gasteiger partial charge in [0, 0.05) is 11.1 Å². The standard InChI is InChI=1S/C17H18N4O5/c1-25-13-7-3-5-11(15(13)22)9-18-20-17(24)21-19-10-12-6-4-8-14(26-2)16(12)23/h3-10,22-23H,1-2H3,(H2,20,21,24). The van der Waals surface area contributed by atoms with E-state index in [2.05, 4.69) is 21.1 Å². The van der Waals surface area contributed by atoms with Gasteiger partial charge < -0.3 is 19.7 Å². The first kappa shape index (κ1) is 18.6. The lowest BCUT2D eigenvalue weighted by atomic mass is 10.2. The Morgan fingerprint density at radius 3 is 1.69 bits per heavy atom. The summed E-state index contributed by atoms with van der Waals surface area (Å²) < 4.78 is 9.95. The number of hydrazone groups is 2. The number of urea groups is 1. The van der Waals surface area contributed by atoms with Gasteiger partial charge in [0.2, 0.25) is 0 Å². The van der Waals surface area contributed by atoms with Crippen molar-refractivity contribution in [3.63, 3.8) is 0 Å². The van der Waals surface area contributed by atoms with Gasteiger partial charge in [-0.1, -0.05) is 12.1 Å². The molecule has 2 aromatic carbocycles. The largest absolute Gasteiger partial charge is 0.504 e. The fourth-order valence-corrected chi connectivity index (χ4v) is 1.96. The van der Waals surface area contributed by atoms with Crippen LogP contribution in [0.15, 0.2) is 46.6 Å². The molecular formula is C17H18N4O5. The van der Waals surface area contributed by atoms with E-state index in [1.807, 2.05) is 0 Å². The molecule has 0 aliphatic rings. The predicted molar refractivity (Wildman–Crippen MR) is 96.2 cm³/mol. The lowest BCUT2D eigenvalue weighted by Gasteiger charge is -2.05. The number of rotatable bonds is 6. The van der Waals surface area contributed by atoms with Crippen molar-refractivity contribution in [3.05, 3.63) is 47.5 Å². The van der Waals surface area contributed by atoms with Crippen molar-refractivity contribution in [1.82, 2.24) is 10.9 Å². The summed E-state index contributed by atoms with van der Waals surface area (Å²) in [6.45, 7) is 0. The van der Waals surface area contributed by atoms with E-state index in [4.69, 9.17) is 9.47 Å². The van der Waals surface area contributed by atoms with Crippen molar-refractivity contribution in [2.45, 2.75) is 0 Å². The summed E-state index contributed by atoms with van der Waals surface area (Å²) in [7, 11) is 2.86. The van der Waals surface area contributed by atoms with Crippen LogP contribution < -0.4 is 20.3 Å². The summed E-state index contributed by atoms with van der Waals surface area (Å²) >= 11 is 0. The van der Waals surface area contributed by atoms with Crippen molar-refractivity contribution in [1.29, 1.82) is 0 Å². The zero-order valence-corrected chi connectivity index (χ0v) is 14.1. The first-order chi connectivity index (χ1) is 12.6. The second-order valence-electron chi connectivity index (χ2n) is 4.87. The summed E-state index contributed by atoms with van der Waals surface area (Å²) in [4.78, 5) is 11.6. The zero-order valence-electron chi connectivity index (χ0n) is 14.1. The van der Waals surface area contributed by atoms with Crippen LogP contribution in [0, 0.1) is 0 Å². The lowest BCUT2D eigenvalue weighted by molar-refractivity contribution is 0.242. The van der Waals surface area contributed by atoms with Gasteiger partial charge in [0.25, 0.3) is 0 Å². The van der Waals surface area contributed by atoms with Crippen LogP contribution in [0.3, 0.4) is 0 Å². The molecule has 0 aliphatic heterocycles. The molecule has 0 spiro atoms. The van der Waals surface area contributed by atoms with Crippen LogP contribution >= 0.6 is 0 Å². The first-order valence-corrected chi connectivity index (χ1v) is 7.41. The molecule has 0 aliphatic carbocycles. The molecular weight excluding hydrogens is 340 g/mol. The number of phenolic OH excluding ortho intramolecular Hbond substituents is 2. The van der Waals surface area contributed by atoms with Gasteiger partial charge in [-0.25, -0.2) is 15.6 Å². The molecule has 0 atom stereocenters. The van der Waals surface area contributed by atoms with Gasteiger partial charge in [-0.15, -0.1) is 0 Å². The fraction of sp³-hybridized carbons (Fsp3) is 0.118. The van der Waals surface area contributed by atoms with Crippen molar-refractivity contribution < 1.29 is 24.5 Å². The van der Waals surface area contributed by atoms with E-state index >= 15 is 0 Å². The Bertz CT molecular complexity index is 768. The molecule has 2 amide bonds. The summed E-state index contributed by atoms with van der Waals surface area (Å²) in [6.07, 6.45) is 2.52. The molecule has 0 heterocycles. The molecule has 9 heteroatoms. The molecule has 136 valence electrons. The van der Waals surface area contributed by atoms with E-state index in [9.17, 15) is 15.0 Å². The Morgan fingerprint density at radius 1 is 0.885 bits per heavy atom. The Kier molecular flexibility index (Phi) is 6.38. The molecule has 4 N–H and O–H groups in total. The second-order valence-corrected chi connectivity index (χ2v) is 4.87. The normalized spacial score (nSPS) is 10.8. The summed E-state index contributed by atoms with van der Waals surface area (Å²) in [5, 5.41) is 27.2. The Labute approximate surface area is 149 Å². The second kappa shape index (κ2) is 8.92. The van der Waals surface area contributed by atoms with Crippen LogP contribution in [0.25, 0.3) is 0 Å². The van der Waals surface area contributed by atoms with Gasteiger partial charge in [-0.05, 0) is 24.3 Å². The summed E-state index contributed by atoms with van der Waals surface area (Å²) in [6, 6.07) is 9.03. The number of methoxy groups -OCH3 is 2. The van der Waals surface area contributed by atoms with E-state index < -0.39 is 6.03 Å². The van der Waals surface area contributed by atoms with Crippen molar-refractivity contribution in [2.24, 2.45) is 10.2 Å². The predicted octanol–water partition coefficient (Wildman–Crippen LogP) is 1.78. The van der Waals surface area contributed by atoms with Crippen molar-refractivity contribution in [2.75, 3.05) is 14.2 Å². The van der Waals surface area contributed by atoms with Gasteiger partial charge in [-0.3, -0.25) is 0 Å². The minimum Gasteiger partial charge on any atom is -0.504 e. The maximum Gasteiger partial charge on any atom is 0.355 e. The quantitative estimate of drug-likeness (QED) is 0.463. The number of aromatic hydroxyl groups is 2. The highest BCUT2D eigenvalue weighted by atomic mass is 16.5. The minimum absolute atomic E-state index is 0.0903. The summed E-state index contributed by atoms with van der Waals surface area (Å²) in [5.41, 5.74) is 5.11. The van der Waals surface area contributed by atoms with Gasteiger partial charge in [0.05, 0.1) is 26.6 Å². The topological polar surface area (TPSA) is 125 Å². The third kappa shape index (κ3) is 4.63. The molecule has 0 fully saturated rings. The number of phenols is 2. The van der Waals surface area contributed by atoms with E-state index in [1.54, 1.807) is 36.4 Å². The van der Waals surface area contributed by atoms with Gasteiger partial charge >= 0.3 is 6.03 Å². The molecule has 0 unspecified atom stereocenters. The molecule has 2 rings (SSSR count). The number of amides is 2. The number of hydrogen-bond donors (Lipinski definition) is 4. The van der Waals surface area contributed by atoms with Crippen LogP contribution in [0.1, 0.15) is 11.1 Å². The van der Waals surface area contributed by atoms with Crippen LogP contribution in [-0.4, -0.2) is 42.9 Å². The average Bonchev–Trinajstić information content (AvgIpc) is 2.64. The molecule has 9 nitrogen and oxygen atoms in total. The number of hydrogen-bond acceptors (Lipinski definition) is 7. The van der Waals surface area contributed by atoms with Gasteiger partial charge in [0.1, 0.15) is 0 Å². The molecule has 0 aromatic heterocycles. The third-order valence-corrected chi connectivity index (χ3v) is 3.24. The molecule has 2 aromatic rings. The number of nitrogens with zero attached hydrogens (tertiary/aromatic N) is 2. The summed E-state index contributed by atoms with van der Waals surface area (Å²) in [5.74, 6) is 0.405. The Hall–Kier alpha value is -3.75. The van der Waals surface area contributed by atoms with E-state index in [0.29, 0.717) is 22.6 Å². The first-order valence-electron chi connectivity index (χ1n) is 7.41. The van der Waals surface area contributed by atoms with Gasteiger partial charge in [-0.2, -0.15) is 10.2 Å². The zero-order chi connectivity index (χ0) is 18.9. The van der Waals surface area contributed by atoms with Crippen LogP contribution in [-0.2, 0) is 0 Å². The minimum atomic E-state index is -0.706. The molecule has 0 radical (unpaired) electrons. The van der Waals surface area contributed by atoms with Crippen molar-refractivity contribution in [3.8, 4) is 23.0 Å². The van der Waals surface area contributed by atoms with Crippen molar-refractivity contribution >= 4 is 18.5 Å². The highest BCUT2D eigenvalue weighted by Gasteiger charge is 2.06. The molecule has 0 saturated carbocycles. The average molecular weight is 358 g/mol. The van der Waals surface area contributed by atoms with E-state index in [-0.39, 0.29) is 11.5 Å². The van der Waals surface area contributed by atoms with Crippen LogP contribution in [0.4, 0.5) is 4.79 Å².